The van der Waals surface area contributed by atoms with E-state index >= 15 is 0 Å². The van der Waals surface area contributed by atoms with E-state index in [-0.39, 0.29) is 11.3 Å². The Balaban J connectivity index is 2.08. The van der Waals surface area contributed by atoms with E-state index in [1.54, 1.807) is 0 Å². The van der Waals surface area contributed by atoms with Gasteiger partial charge in [0.15, 0.2) is 0 Å². The van der Waals surface area contributed by atoms with Crippen LogP contribution >= 0.6 is 0 Å². The zero-order chi connectivity index (χ0) is 12.8. The fourth-order valence-corrected chi connectivity index (χ4v) is 2.75. The van der Waals surface area contributed by atoms with Gasteiger partial charge in [-0.1, -0.05) is 31.5 Å². The van der Waals surface area contributed by atoms with Crippen molar-refractivity contribution in [3.63, 3.8) is 0 Å². The van der Waals surface area contributed by atoms with E-state index in [1.165, 1.54) is 0 Å². The zero-order valence-electron chi connectivity index (χ0n) is 11.0. The first-order valence-electron chi connectivity index (χ1n) is 6.84. The number of hydrogen-bond acceptors (Lipinski definition) is 2. The SMILES string of the molecule is CCCC1(C(=O)Nc2ccccc2)CCCNC1. The molecular weight excluding hydrogens is 224 g/mol. The van der Waals surface area contributed by atoms with Crippen molar-refractivity contribution in [3.05, 3.63) is 30.3 Å². The first-order valence-corrected chi connectivity index (χ1v) is 6.84. The summed E-state index contributed by atoms with van der Waals surface area (Å²) in [6.07, 6.45) is 4.08. The predicted octanol–water partition coefficient (Wildman–Crippen LogP) is 2.80. The van der Waals surface area contributed by atoms with Crippen molar-refractivity contribution in [3.8, 4) is 0 Å². The van der Waals surface area contributed by atoms with E-state index in [0.29, 0.717) is 0 Å². The number of nitrogens with one attached hydrogen (secondary N) is 2. The summed E-state index contributed by atoms with van der Waals surface area (Å²) in [5, 5.41) is 6.42. The predicted molar refractivity (Wildman–Crippen MR) is 74.5 cm³/mol. The minimum absolute atomic E-state index is 0.169. The van der Waals surface area contributed by atoms with E-state index < -0.39 is 0 Å². The minimum Gasteiger partial charge on any atom is -0.326 e. The molecule has 18 heavy (non-hydrogen) atoms. The van der Waals surface area contributed by atoms with Gasteiger partial charge >= 0.3 is 0 Å². The van der Waals surface area contributed by atoms with Crippen LogP contribution in [-0.4, -0.2) is 19.0 Å². The number of rotatable bonds is 4. The van der Waals surface area contributed by atoms with Crippen LogP contribution in [0, 0.1) is 5.41 Å². The summed E-state index contributed by atoms with van der Waals surface area (Å²) in [4.78, 5) is 12.5. The number of carbonyl (C=O) groups is 1. The third-order valence-electron chi connectivity index (χ3n) is 3.71. The van der Waals surface area contributed by atoms with Gasteiger partial charge < -0.3 is 10.6 Å². The summed E-state index contributed by atoms with van der Waals surface area (Å²) >= 11 is 0. The average molecular weight is 246 g/mol. The van der Waals surface area contributed by atoms with Crippen LogP contribution in [0.2, 0.25) is 0 Å². The Morgan fingerprint density at radius 2 is 2.17 bits per heavy atom. The highest BCUT2D eigenvalue weighted by molar-refractivity contribution is 5.95. The summed E-state index contributed by atoms with van der Waals surface area (Å²) in [6, 6.07) is 9.73. The molecule has 1 fully saturated rings. The normalized spacial score (nSPS) is 23.6. The van der Waals surface area contributed by atoms with E-state index in [0.717, 1.165) is 44.5 Å². The number of amides is 1. The van der Waals surface area contributed by atoms with Crippen LogP contribution in [0.25, 0.3) is 0 Å². The third kappa shape index (κ3) is 2.91. The van der Waals surface area contributed by atoms with Crippen molar-refractivity contribution in [2.75, 3.05) is 18.4 Å². The number of anilines is 1. The molecule has 1 atom stereocenters. The lowest BCUT2D eigenvalue weighted by Crippen LogP contribution is -2.48. The lowest BCUT2D eigenvalue weighted by molar-refractivity contribution is -0.127. The molecule has 1 aromatic rings. The largest absolute Gasteiger partial charge is 0.326 e. The van der Waals surface area contributed by atoms with Gasteiger partial charge in [-0.05, 0) is 37.9 Å². The van der Waals surface area contributed by atoms with Gasteiger partial charge in [0.25, 0.3) is 0 Å². The number of carbonyl (C=O) groups excluding carboxylic acids is 1. The van der Waals surface area contributed by atoms with Crippen molar-refractivity contribution in [2.45, 2.75) is 32.6 Å². The Hall–Kier alpha value is -1.35. The maximum atomic E-state index is 12.5. The molecule has 0 spiro atoms. The second-order valence-electron chi connectivity index (χ2n) is 5.13. The molecule has 0 bridgehead atoms. The van der Waals surface area contributed by atoms with Crippen molar-refractivity contribution in [2.24, 2.45) is 5.41 Å². The molecule has 1 aromatic carbocycles. The van der Waals surface area contributed by atoms with Crippen LogP contribution in [0.1, 0.15) is 32.6 Å². The number of benzene rings is 1. The van der Waals surface area contributed by atoms with E-state index in [1.807, 2.05) is 30.3 Å². The molecule has 0 saturated carbocycles. The summed E-state index contributed by atoms with van der Waals surface area (Å²) in [6.45, 7) is 3.98. The Labute approximate surface area is 109 Å². The topological polar surface area (TPSA) is 41.1 Å². The molecule has 0 aromatic heterocycles. The minimum atomic E-state index is -0.219. The maximum Gasteiger partial charge on any atom is 0.231 e. The Bertz CT molecular complexity index is 377. The van der Waals surface area contributed by atoms with Crippen LogP contribution in [0.15, 0.2) is 30.3 Å². The monoisotopic (exact) mass is 246 g/mol. The number of hydrogen-bond donors (Lipinski definition) is 2. The molecule has 2 rings (SSSR count). The van der Waals surface area contributed by atoms with Gasteiger partial charge in [-0.3, -0.25) is 4.79 Å². The van der Waals surface area contributed by atoms with Gasteiger partial charge in [0.1, 0.15) is 0 Å². The summed E-state index contributed by atoms with van der Waals surface area (Å²) in [5.41, 5.74) is 0.673. The van der Waals surface area contributed by atoms with Crippen molar-refractivity contribution in [1.82, 2.24) is 5.32 Å². The summed E-state index contributed by atoms with van der Waals surface area (Å²) in [5.74, 6) is 0.169. The number of para-hydroxylation sites is 1. The van der Waals surface area contributed by atoms with E-state index in [2.05, 4.69) is 17.6 Å². The highest BCUT2D eigenvalue weighted by Crippen LogP contribution is 2.33. The van der Waals surface area contributed by atoms with Crippen molar-refractivity contribution < 1.29 is 4.79 Å². The number of piperidine rings is 1. The van der Waals surface area contributed by atoms with Crippen molar-refractivity contribution >= 4 is 11.6 Å². The lowest BCUT2D eigenvalue weighted by atomic mass is 9.76. The Morgan fingerprint density at radius 1 is 1.39 bits per heavy atom. The molecule has 0 aliphatic carbocycles. The zero-order valence-corrected chi connectivity index (χ0v) is 11.0. The van der Waals surface area contributed by atoms with Gasteiger partial charge in [0.05, 0.1) is 5.41 Å². The van der Waals surface area contributed by atoms with Crippen molar-refractivity contribution in [1.29, 1.82) is 0 Å². The molecule has 0 radical (unpaired) electrons. The van der Waals surface area contributed by atoms with Crippen LogP contribution in [0.3, 0.4) is 0 Å². The highest BCUT2D eigenvalue weighted by Gasteiger charge is 2.38. The molecule has 98 valence electrons. The lowest BCUT2D eigenvalue weighted by Gasteiger charge is -2.36. The average Bonchev–Trinajstić information content (AvgIpc) is 2.41. The van der Waals surface area contributed by atoms with E-state index in [9.17, 15) is 4.79 Å². The molecule has 1 aliphatic rings. The standard InChI is InChI=1S/C15H22N2O/c1-2-9-15(10-6-11-16-12-15)14(18)17-13-7-4-3-5-8-13/h3-5,7-8,16H,2,6,9-12H2,1H3,(H,17,18). The van der Waals surface area contributed by atoms with E-state index in [4.69, 9.17) is 0 Å². The Kier molecular flexibility index (Phi) is 4.37. The molecule has 3 heteroatoms. The van der Waals surface area contributed by atoms with Crippen LogP contribution < -0.4 is 10.6 Å². The third-order valence-corrected chi connectivity index (χ3v) is 3.71. The summed E-state index contributed by atoms with van der Waals surface area (Å²) < 4.78 is 0. The highest BCUT2D eigenvalue weighted by atomic mass is 16.2. The molecule has 1 aliphatic heterocycles. The van der Waals surface area contributed by atoms with Crippen LogP contribution in [0.4, 0.5) is 5.69 Å². The molecule has 2 N–H and O–H groups in total. The van der Waals surface area contributed by atoms with Crippen LogP contribution in [-0.2, 0) is 4.79 Å². The molecule has 1 amide bonds. The molecule has 1 unspecified atom stereocenters. The Morgan fingerprint density at radius 3 is 2.78 bits per heavy atom. The van der Waals surface area contributed by atoms with Gasteiger partial charge in [0.2, 0.25) is 5.91 Å². The second kappa shape index (κ2) is 6.01. The molecule has 3 nitrogen and oxygen atoms in total. The molecular formula is C15H22N2O. The quantitative estimate of drug-likeness (QED) is 0.857. The fourth-order valence-electron chi connectivity index (χ4n) is 2.75. The maximum absolute atomic E-state index is 12.5. The van der Waals surface area contributed by atoms with Gasteiger partial charge in [-0.2, -0.15) is 0 Å². The summed E-state index contributed by atoms with van der Waals surface area (Å²) in [7, 11) is 0. The van der Waals surface area contributed by atoms with Gasteiger partial charge in [-0.25, -0.2) is 0 Å². The molecule has 1 saturated heterocycles. The first-order chi connectivity index (χ1) is 8.77. The van der Waals surface area contributed by atoms with Gasteiger partial charge in [0, 0.05) is 12.2 Å². The van der Waals surface area contributed by atoms with Crippen LogP contribution in [0.5, 0.6) is 0 Å². The second-order valence-corrected chi connectivity index (χ2v) is 5.13. The fraction of sp³-hybridized carbons (Fsp3) is 0.533. The smallest absolute Gasteiger partial charge is 0.231 e. The first kappa shape index (κ1) is 13.1. The van der Waals surface area contributed by atoms with Gasteiger partial charge in [-0.15, -0.1) is 0 Å². The molecule has 1 heterocycles.